The van der Waals surface area contributed by atoms with Crippen molar-refractivity contribution < 1.29 is 22.7 Å². The highest BCUT2D eigenvalue weighted by Gasteiger charge is 2.35. The summed E-state index contributed by atoms with van der Waals surface area (Å²) < 4.78 is 42.9. The summed E-state index contributed by atoms with van der Waals surface area (Å²) in [5.41, 5.74) is -0.875. The first-order valence-corrected chi connectivity index (χ1v) is 5.97. The molecule has 110 valence electrons. The van der Waals surface area contributed by atoms with Crippen LogP contribution in [0.3, 0.4) is 0 Å². The number of rotatable bonds is 3. The van der Waals surface area contributed by atoms with E-state index in [2.05, 4.69) is 4.98 Å². The van der Waals surface area contributed by atoms with Gasteiger partial charge in [-0.05, 0) is 17.7 Å². The van der Waals surface area contributed by atoms with E-state index in [-0.39, 0.29) is 6.61 Å². The summed E-state index contributed by atoms with van der Waals surface area (Å²) in [7, 11) is 0. The van der Waals surface area contributed by atoms with Crippen molar-refractivity contribution in [2.24, 2.45) is 0 Å². The van der Waals surface area contributed by atoms with E-state index in [0.29, 0.717) is 0 Å². The Balaban J connectivity index is 2.00. The summed E-state index contributed by atoms with van der Waals surface area (Å²) in [6, 6.07) is 11.2. The number of alkyl halides is 3. The second kappa shape index (κ2) is 6.25. The number of nitrogens with one attached hydrogen (secondary N) is 1. The van der Waals surface area contributed by atoms with Gasteiger partial charge in [0.25, 0.3) is 0 Å². The molecule has 4 nitrogen and oxygen atoms in total. The number of carbonyl (C=O) groups is 1. The van der Waals surface area contributed by atoms with Gasteiger partial charge >= 0.3 is 12.3 Å². The van der Waals surface area contributed by atoms with Crippen LogP contribution < -0.4 is 5.32 Å². The van der Waals surface area contributed by atoms with Crippen molar-refractivity contribution in [1.82, 2.24) is 4.98 Å². The van der Waals surface area contributed by atoms with Crippen LogP contribution in [0.25, 0.3) is 0 Å². The molecule has 0 unspecified atom stereocenters. The van der Waals surface area contributed by atoms with Crippen LogP contribution in [0.1, 0.15) is 11.3 Å². The molecule has 2 aromatic rings. The van der Waals surface area contributed by atoms with E-state index < -0.39 is 23.7 Å². The van der Waals surface area contributed by atoms with Gasteiger partial charge in [-0.15, -0.1) is 0 Å². The van der Waals surface area contributed by atoms with Crippen LogP contribution in [0.15, 0.2) is 48.7 Å². The zero-order valence-corrected chi connectivity index (χ0v) is 10.7. The molecule has 1 N–H and O–H groups in total. The SMILES string of the molecule is O=C(Nc1cccnc1C(F)(F)F)OCc1ccccc1. The van der Waals surface area contributed by atoms with Crippen molar-refractivity contribution >= 4 is 11.8 Å². The summed E-state index contributed by atoms with van der Waals surface area (Å²) >= 11 is 0. The van der Waals surface area contributed by atoms with Gasteiger partial charge in [-0.25, -0.2) is 9.78 Å². The van der Waals surface area contributed by atoms with Crippen LogP contribution in [-0.4, -0.2) is 11.1 Å². The molecule has 0 spiro atoms. The Morgan fingerprint density at radius 3 is 2.52 bits per heavy atom. The van der Waals surface area contributed by atoms with Gasteiger partial charge in [-0.2, -0.15) is 13.2 Å². The first-order chi connectivity index (χ1) is 9.97. The summed E-state index contributed by atoms with van der Waals surface area (Å²) in [4.78, 5) is 14.8. The Morgan fingerprint density at radius 2 is 1.86 bits per heavy atom. The van der Waals surface area contributed by atoms with Gasteiger partial charge in [0, 0.05) is 6.20 Å². The molecule has 1 amide bonds. The molecular weight excluding hydrogens is 285 g/mol. The third-order valence-corrected chi connectivity index (χ3v) is 2.53. The highest BCUT2D eigenvalue weighted by molar-refractivity contribution is 5.85. The van der Waals surface area contributed by atoms with Gasteiger partial charge in [-0.1, -0.05) is 30.3 Å². The van der Waals surface area contributed by atoms with Crippen LogP contribution in [0.5, 0.6) is 0 Å². The highest BCUT2D eigenvalue weighted by Crippen LogP contribution is 2.32. The lowest BCUT2D eigenvalue weighted by Crippen LogP contribution is -2.18. The lowest BCUT2D eigenvalue weighted by molar-refractivity contribution is -0.140. The van der Waals surface area contributed by atoms with Gasteiger partial charge in [0.1, 0.15) is 6.61 Å². The van der Waals surface area contributed by atoms with E-state index in [0.717, 1.165) is 17.8 Å². The Bertz CT molecular complexity index is 615. The number of aromatic nitrogens is 1. The molecule has 2 rings (SSSR count). The molecule has 0 aliphatic heterocycles. The van der Waals surface area contributed by atoms with E-state index >= 15 is 0 Å². The minimum absolute atomic E-state index is 0.0334. The standard InChI is InChI=1S/C14H11F3N2O2/c15-14(16,17)12-11(7-4-8-18-12)19-13(20)21-9-10-5-2-1-3-6-10/h1-8H,9H2,(H,19,20). The van der Waals surface area contributed by atoms with E-state index in [9.17, 15) is 18.0 Å². The number of hydrogen-bond acceptors (Lipinski definition) is 3. The lowest BCUT2D eigenvalue weighted by atomic mass is 10.2. The topological polar surface area (TPSA) is 51.2 Å². The predicted octanol–water partition coefficient (Wildman–Crippen LogP) is 3.85. The summed E-state index contributed by atoms with van der Waals surface area (Å²) in [6.45, 7) is -0.0334. The second-order valence-electron chi connectivity index (χ2n) is 4.08. The molecule has 0 atom stereocenters. The number of ether oxygens (including phenoxy) is 1. The maximum atomic E-state index is 12.7. The van der Waals surface area contributed by atoms with Gasteiger partial charge in [0.15, 0.2) is 5.69 Å². The van der Waals surface area contributed by atoms with Crippen LogP contribution in [0, 0.1) is 0 Å². The number of carbonyl (C=O) groups excluding carboxylic acids is 1. The van der Waals surface area contributed by atoms with Crippen LogP contribution in [-0.2, 0) is 17.5 Å². The minimum Gasteiger partial charge on any atom is -0.444 e. The normalized spacial score (nSPS) is 11.0. The Morgan fingerprint density at radius 1 is 1.14 bits per heavy atom. The molecule has 1 aromatic heterocycles. The molecule has 0 radical (unpaired) electrons. The maximum absolute atomic E-state index is 12.7. The molecular formula is C14H11F3N2O2. The van der Waals surface area contributed by atoms with Crippen molar-refractivity contribution in [1.29, 1.82) is 0 Å². The third kappa shape index (κ3) is 4.20. The minimum atomic E-state index is -4.65. The predicted molar refractivity (Wildman–Crippen MR) is 69.5 cm³/mol. The molecule has 0 saturated heterocycles. The molecule has 21 heavy (non-hydrogen) atoms. The van der Waals surface area contributed by atoms with Gasteiger partial charge in [0.2, 0.25) is 0 Å². The number of amides is 1. The van der Waals surface area contributed by atoms with Crippen LogP contribution in [0.2, 0.25) is 0 Å². The van der Waals surface area contributed by atoms with E-state index in [1.165, 1.54) is 6.07 Å². The Labute approximate surface area is 118 Å². The maximum Gasteiger partial charge on any atom is 0.435 e. The largest absolute Gasteiger partial charge is 0.444 e. The molecule has 0 saturated carbocycles. The molecule has 0 bridgehead atoms. The fourth-order valence-corrected chi connectivity index (χ4v) is 1.60. The molecule has 1 heterocycles. The third-order valence-electron chi connectivity index (χ3n) is 2.53. The number of halogens is 3. The fraction of sp³-hybridized carbons (Fsp3) is 0.143. The number of hydrogen-bond donors (Lipinski definition) is 1. The summed E-state index contributed by atoms with van der Waals surface area (Å²) in [5.74, 6) is 0. The van der Waals surface area contributed by atoms with E-state index in [1.807, 2.05) is 5.32 Å². The zero-order chi connectivity index (χ0) is 15.3. The first kappa shape index (κ1) is 14.8. The first-order valence-electron chi connectivity index (χ1n) is 5.97. The van der Waals surface area contributed by atoms with Crippen molar-refractivity contribution in [2.75, 3.05) is 5.32 Å². The summed E-state index contributed by atoms with van der Waals surface area (Å²) in [5, 5.41) is 2.04. The molecule has 1 aromatic carbocycles. The molecule has 0 aliphatic rings. The molecule has 0 fully saturated rings. The van der Waals surface area contributed by atoms with Gasteiger partial charge in [-0.3, -0.25) is 5.32 Å². The van der Waals surface area contributed by atoms with E-state index in [1.54, 1.807) is 30.3 Å². The Hall–Kier alpha value is -2.57. The Kier molecular flexibility index (Phi) is 4.42. The van der Waals surface area contributed by atoms with Crippen molar-refractivity contribution in [2.45, 2.75) is 12.8 Å². The molecule has 0 aliphatic carbocycles. The monoisotopic (exact) mass is 296 g/mol. The number of anilines is 1. The van der Waals surface area contributed by atoms with Crippen molar-refractivity contribution in [3.05, 3.63) is 59.9 Å². The van der Waals surface area contributed by atoms with Crippen molar-refractivity contribution in [3.8, 4) is 0 Å². The lowest BCUT2D eigenvalue weighted by Gasteiger charge is -2.12. The zero-order valence-electron chi connectivity index (χ0n) is 10.7. The smallest absolute Gasteiger partial charge is 0.435 e. The highest BCUT2D eigenvalue weighted by atomic mass is 19.4. The quantitative estimate of drug-likeness (QED) is 0.936. The van der Waals surface area contributed by atoms with Crippen LogP contribution in [0.4, 0.5) is 23.7 Å². The van der Waals surface area contributed by atoms with Gasteiger partial charge < -0.3 is 4.74 Å². The second-order valence-corrected chi connectivity index (χ2v) is 4.08. The summed E-state index contributed by atoms with van der Waals surface area (Å²) in [6.07, 6.45) is -4.62. The van der Waals surface area contributed by atoms with Gasteiger partial charge in [0.05, 0.1) is 5.69 Å². The van der Waals surface area contributed by atoms with Crippen molar-refractivity contribution in [3.63, 3.8) is 0 Å². The average molecular weight is 296 g/mol. The fourth-order valence-electron chi connectivity index (χ4n) is 1.60. The number of nitrogens with zero attached hydrogens (tertiary/aromatic N) is 1. The van der Waals surface area contributed by atoms with Crippen LogP contribution >= 0.6 is 0 Å². The number of pyridine rings is 1. The van der Waals surface area contributed by atoms with E-state index in [4.69, 9.17) is 4.74 Å². The molecule has 7 heteroatoms. The average Bonchev–Trinajstić information content (AvgIpc) is 2.46. The number of benzene rings is 1.